The molecule has 9 heteroatoms. The maximum absolute atomic E-state index is 12.4. The number of anilines is 1. The van der Waals surface area contributed by atoms with Crippen LogP contribution < -0.4 is 15.8 Å². The number of hydrogen-bond acceptors (Lipinski definition) is 6. The summed E-state index contributed by atoms with van der Waals surface area (Å²) < 4.78 is 3.40. The number of non-ortho nitro benzene ring substituents is 1. The molecule has 0 unspecified atom stereocenters. The molecule has 1 N–H and O–H groups in total. The molecular formula is C17H18N6O3. The van der Waals surface area contributed by atoms with Gasteiger partial charge in [-0.15, -0.1) is 0 Å². The van der Waals surface area contributed by atoms with E-state index in [1.54, 1.807) is 30.5 Å². The normalized spacial score (nSPS) is 14.7. The SMILES string of the molecule is O=c1cc(N2CCNCC2)n(Cc2ccc([N+](=O)[O-])cc2)c2ccnn12. The summed E-state index contributed by atoms with van der Waals surface area (Å²) in [5, 5.41) is 18.3. The molecule has 1 aromatic carbocycles. The average molecular weight is 354 g/mol. The van der Waals surface area contributed by atoms with Crippen molar-refractivity contribution in [2.24, 2.45) is 0 Å². The van der Waals surface area contributed by atoms with Crippen LogP contribution in [0.2, 0.25) is 0 Å². The third-order valence-corrected chi connectivity index (χ3v) is 4.57. The van der Waals surface area contributed by atoms with Gasteiger partial charge in [0.05, 0.1) is 17.7 Å². The van der Waals surface area contributed by atoms with Crippen LogP contribution in [0.1, 0.15) is 5.56 Å². The molecule has 0 aliphatic carbocycles. The maximum Gasteiger partial charge on any atom is 0.276 e. The summed E-state index contributed by atoms with van der Waals surface area (Å²) >= 11 is 0. The maximum atomic E-state index is 12.4. The van der Waals surface area contributed by atoms with Crippen LogP contribution in [-0.4, -0.2) is 45.3 Å². The van der Waals surface area contributed by atoms with Crippen LogP contribution in [0.4, 0.5) is 11.5 Å². The molecule has 0 bridgehead atoms. The Bertz CT molecular complexity index is 1000. The lowest BCUT2D eigenvalue weighted by Crippen LogP contribution is -2.45. The molecule has 4 rings (SSSR count). The lowest BCUT2D eigenvalue weighted by molar-refractivity contribution is -0.384. The zero-order valence-corrected chi connectivity index (χ0v) is 14.0. The number of nitrogens with zero attached hydrogens (tertiary/aromatic N) is 5. The van der Waals surface area contributed by atoms with Crippen LogP contribution in [-0.2, 0) is 6.54 Å². The Morgan fingerprint density at radius 1 is 1.15 bits per heavy atom. The molecule has 0 saturated carbocycles. The first kappa shape index (κ1) is 16.3. The summed E-state index contributed by atoms with van der Waals surface area (Å²) in [6, 6.07) is 9.89. The molecule has 0 radical (unpaired) electrons. The third-order valence-electron chi connectivity index (χ3n) is 4.57. The Kier molecular flexibility index (Phi) is 4.13. The molecule has 26 heavy (non-hydrogen) atoms. The van der Waals surface area contributed by atoms with Gasteiger partial charge in [0.25, 0.3) is 11.2 Å². The van der Waals surface area contributed by atoms with E-state index >= 15 is 0 Å². The van der Waals surface area contributed by atoms with Crippen LogP contribution >= 0.6 is 0 Å². The number of fused-ring (bicyclic) bond motifs is 1. The number of nitro benzene ring substituents is 1. The van der Waals surface area contributed by atoms with E-state index in [4.69, 9.17) is 0 Å². The molecule has 3 aromatic rings. The summed E-state index contributed by atoms with van der Waals surface area (Å²) in [4.78, 5) is 25.0. The second kappa shape index (κ2) is 6.60. The average Bonchev–Trinajstić information content (AvgIpc) is 3.15. The summed E-state index contributed by atoms with van der Waals surface area (Å²) in [5.41, 5.74) is 1.51. The van der Waals surface area contributed by atoms with Crippen molar-refractivity contribution in [1.29, 1.82) is 0 Å². The van der Waals surface area contributed by atoms with E-state index < -0.39 is 4.92 Å². The van der Waals surface area contributed by atoms with Gasteiger partial charge in [0.15, 0.2) is 0 Å². The fraction of sp³-hybridized carbons (Fsp3) is 0.294. The highest BCUT2D eigenvalue weighted by Gasteiger charge is 2.18. The van der Waals surface area contributed by atoms with Gasteiger partial charge in [0.2, 0.25) is 0 Å². The van der Waals surface area contributed by atoms with E-state index in [9.17, 15) is 14.9 Å². The van der Waals surface area contributed by atoms with Gasteiger partial charge in [-0.25, -0.2) is 0 Å². The minimum Gasteiger partial charge on any atom is -0.355 e. The Balaban J connectivity index is 1.78. The van der Waals surface area contributed by atoms with Gasteiger partial charge in [0.1, 0.15) is 11.5 Å². The highest BCUT2D eigenvalue weighted by Crippen LogP contribution is 2.20. The zero-order valence-electron chi connectivity index (χ0n) is 14.0. The first-order chi connectivity index (χ1) is 12.6. The van der Waals surface area contributed by atoms with E-state index in [1.165, 1.54) is 16.6 Å². The topological polar surface area (TPSA) is 97.7 Å². The first-order valence-electron chi connectivity index (χ1n) is 8.40. The largest absolute Gasteiger partial charge is 0.355 e. The van der Waals surface area contributed by atoms with Crippen molar-refractivity contribution in [2.45, 2.75) is 6.54 Å². The van der Waals surface area contributed by atoms with Crippen LogP contribution in [0.3, 0.4) is 0 Å². The Hall–Kier alpha value is -3.20. The second-order valence-electron chi connectivity index (χ2n) is 6.19. The molecule has 134 valence electrons. The van der Waals surface area contributed by atoms with E-state index in [2.05, 4.69) is 15.3 Å². The van der Waals surface area contributed by atoms with Gasteiger partial charge < -0.3 is 14.8 Å². The van der Waals surface area contributed by atoms with Crippen molar-refractivity contribution in [3.63, 3.8) is 0 Å². The van der Waals surface area contributed by atoms with E-state index in [0.717, 1.165) is 37.6 Å². The Labute approximate surface area is 148 Å². The van der Waals surface area contributed by atoms with E-state index in [0.29, 0.717) is 12.2 Å². The number of aromatic nitrogens is 3. The summed E-state index contributed by atoms with van der Waals surface area (Å²) in [5.74, 6) is 0.836. The molecule has 3 heterocycles. The number of nitrogens with one attached hydrogen (secondary N) is 1. The minimum atomic E-state index is -0.412. The second-order valence-corrected chi connectivity index (χ2v) is 6.19. The van der Waals surface area contributed by atoms with Gasteiger partial charge in [0, 0.05) is 50.4 Å². The van der Waals surface area contributed by atoms with Crippen LogP contribution in [0.5, 0.6) is 0 Å². The number of benzene rings is 1. The van der Waals surface area contributed by atoms with Gasteiger partial charge in [-0.3, -0.25) is 14.9 Å². The molecule has 0 atom stereocenters. The highest BCUT2D eigenvalue weighted by atomic mass is 16.6. The molecule has 1 saturated heterocycles. The van der Waals surface area contributed by atoms with Crippen molar-refractivity contribution in [1.82, 2.24) is 19.5 Å². The van der Waals surface area contributed by atoms with Crippen LogP contribution in [0.25, 0.3) is 5.65 Å². The third kappa shape index (κ3) is 2.93. The fourth-order valence-electron chi connectivity index (χ4n) is 3.26. The van der Waals surface area contributed by atoms with Crippen molar-refractivity contribution in [3.8, 4) is 0 Å². The minimum absolute atomic E-state index is 0.0606. The lowest BCUT2D eigenvalue weighted by Gasteiger charge is -2.31. The van der Waals surface area contributed by atoms with Crippen molar-refractivity contribution < 1.29 is 4.92 Å². The van der Waals surface area contributed by atoms with Crippen LogP contribution in [0, 0.1) is 10.1 Å². The molecule has 9 nitrogen and oxygen atoms in total. The molecule has 2 aromatic heterocycles. The molecule has 1 fully saturated rings. The predicted molar refractivity (Wildman–Crippen MR) is 96.7 cm³/mol. The van der Waals surface area contributed by atoms with Crippen molar-refractivity contribution >= 4 is 17.2 Å². The van der Waals surface area contributed by atoms with Crippen molar-refractivity contribution in [3.05, 3.63) is 68.6 Å². The van der Waals surface area contributed by atoms with Gasteiger partial charge in [-0.05, 0) is 5.56 Å². The fourth-order valence-corrected chi connectivity index (χ4v) is 3.26. The zero-order chi connectivity index (χ0) is 18.1. The summed E-state index contributed by atoms with van der Waals surface area (Å²) in [6.07, 6.45) is 1.60. The smallest absolute Gasteiger partial charge is 0.276 e. The lowest BCUT2D eigenvalue weighted by atomic mass is 10.2. The van der Waals surface area contributed by atoms with Gasteiger partial charge in [-0.1, -0.05) is 12.1 Å². The van der Waals surface area contributed by atoms with Gasteiger partial charge >= 0.3 is 0 Å². The Morgan fingerprint density at radius 3 is 2.58 bits per heavy atom. The van der Waals surface area contributed by atoms with Crippen LogP contribution in [0.15, 0.2) is 47.4 Å². The first-order valence-corrected chi connectivity index (χ1v) is 8.40. The van der Waals surface area contributed by atoms with Gasteiger partial charge in [-0.2, -0.15) is 9.61 Å². The molecule has 1 aliphatic rings. The molecule has 0 spiro atoms. The Morgan fingerprint density at radius 2 is 1.88 bits per heavy atom. The highest BCUT2D eigenvalue weighted by molar-refractivity contribution is 5.51. The van der Waals surface area contributed by atoms with Crippen molar-refractivity contribution in [2.75, 3.05) is 31.1 Å². The summed E-state index contributed by atoms with van der Waals surface area (Å²) in [7, 11) is 0. The monoisotopic (exact) mass is 354 g/mol. The van der Waals surface area contributed by atoms with E-state index in [1.807, 2.05) is 4.57 Å². The predicted octanol–water partition coefficient (Wildman–Crippen LogP) is 0.862. The standard InChI is InChI=1S/C17H18N6O3/c24-17-11-16(20-9-7-18-8-10-20)21(15-5-6-19-22(15)17)12-13-1-3-14(4-2-13)23(25)26/h1-6,11,18H,7-10,12H2. The molecule has 1 aliphatic heterocycles. The number of nitro groups is 1. The van der Waals surface area contributed by atoms with E-state index in [-0.39, 0.29) is 11.2 Å². The quantitative estimate of drug-likeness (QED) is 0.551. The molecule has 0 amide bonds. The number of rotatable bonds is 4. The summed E-state index contributed by atoms with van der Waals surface area (Å²) in [6.45, 7) is 3.83. The number of piperazine rings is 1. The number of hydrogen-bond donors (Lipinski definition) is 1. The molecular weight excluding hydrogens is 336 g/mol.